The van der Waals surface area contributed by atoms with Crippen molar-refractivity contribution in [2.75, 3.05) is 17.4 Å². The van der Waals surface area contributed by atoms with Crippen LogP contribution < -0.4 is 0 Å². The summed E-state index contributed by atoms with van der Waals surface area (Å²) in [5, 5.41) is 0. The molecule has 1 aliphatic rings. The van der Waals surface area contributed by atoms with E-state index in [9.17, 15) is 23.4 Å². The molecule has 1 saturated heterocycles. The van der Waals surface area contributed by atoms with Gasteiger partial charge in [-0.2, -0.15) is 0 Å². The van der Waals surface area contributed by atoms with Crippen molar-refractivity contribution < 1.29 is 47.1 Å². The van der Waals surface area contributed by atoms with E-state index in [2.05, 4.69) is 0 Å². The molecule has 0 aromatic rings. The first-order chi connectivity index (χ1) is 14.9. The smallest absolute Gasteiger partial charge is 0.305 e. The number of hydrogen-bond acceptors (Lipinski definition) is 11. The van der Waals surface area contributed by atoms with Gasteiger partial charge in [0.15, 0.2) is 12.2 Å². The summed E-state index contributed by atoms with van der Waals surface area (Å²) in [6.07, 6.45) is -5.48. The molecule has 1 heterocycles. The second-order valence-corrected chi connectivity index (χ2v) is 10.1. The summed E-state index contributed by atoms with van der Waals surface area (Å²) in [7, 11) is -3.00. The van der Waals surface area contributed by atoms with Crippen LogP contribution >= 0.6 is 11.6 Å². The zero-order chi connectivity index (χ0) is 24.5. The van der Waals surface area contributed by atoms with Crippen LogP contribution in [0.3, 0.4) is 0 Å². The third-order valence-corrected chi connectivity index (χ3v) is 6.48. The lowest BCUT2D eigenvalue weighted by Crippen LogP contribution is -2.62. The van der Waals surface area contributed by atoms with Gasteiger partial charge in [0.05, 0.1) is 0 Å². The van der Waals surface area contributed by atoms with Crippen molar-refractivity contribution in [2.45, 2.75) is 77.7 Å². The molecule has 184 valence electrons. The Bertz CT molecular complexity index is 787. The van der Waals surface area contributed by atoms with Gasteiger partial charge in [0.1, 0.15) is 6.10 Å². The third-order valence-electron chi connectivity index (χ3n) is 4.37. The maximum Gasteiger partial charge on any atom is 0.305 e. The topological polar surface area (TPSA) is 155 Å². The summed E-state index contributed by atoms with van der Waals surface area (Å²) in [6.45, 7) is 4.43. The van der Waals surface area contributed by atoms with Crippen LogP contribution in [0.4, 0.5) is 0 Å². The van der Waals surface area contributed by atoms with E-state index in [-0.39, 0.29) is 17.9 Å². The van der Waals surface area contributed by atoms with E-state index in [0.717, 1.165) is 27.7 Å². The van der Waals surface area contributed by atoms with Gasteiger partial charge in [0.2, 0.25) is 12.4 Å². The van der Waals surface area contributed by atoms with Crippen LogP contribution in [0.2, 0.25) is 0 Å². The van der Waals surface area contributed by atoms with E-state index in [0.29, 0.717) is 18.7 Å². The first-order valence-electron chi connectivity index (χ1n) is 10.0. The molecule has 0 amide bonds. The van der Waals surface area contributed by atoms with Gasteiger partial charge < -0.3 is 23.7 Å². The lowest BCUT2D eigenvalue weighted by Gasteiger charge is -2.44. The molecule has 11 nitrogen and oxygen atoms in total. The molecule has 13 heteroatoms. The molecule has 0 bridgehead atoms. The summed E-state index contributed by atoms with van der Waals surface area (Å²) in [6, 6.07) is 0. The fraction of sp³-hybridized carbons (Fsp3) is 0.789. The average Bonchev–Trinajstić information content (AvgIpc) is 2.63. The van der Waals surface area contributed by atoms with Crippen molar-refractivity contribution >= 4 is 45.2 Å². The number of nitrogens with one attached hydrogen (secondary N) is 1. The van der Waals surface area contributed by atoms with Gasteiger partial charge in [-0.25, -0.2) is 4.21 Å². The quantitative estimate of drug-likeness (QED) is 0.191. The van der Waals surface area contributed by atoms with Crippen LogP contribution in [0.5, 0.6) is 0 Å². The molecular formula is C19H30ClNO10S. The molecule has 1 fully saturated rings. The normalized spacial score (nSPS) is 27.0. The van der Waals surface area contributed by atoms with E-state index in [4.69, 9.17) is 40.1 Å². The number of carbonyl (C=O) groups excluding carboxylic acids is 4. The van der Waals surface area contributed by atoms with Gasteiger partial charge in [0, 0.05) is 54.8 Å². The van der Waals surface area contributed by atoms with Gasteiger partial charge in [-0.1, -0.05) is 0 Å². The van der Waals surface area contributed by atoms with Gasteiger partial charge in [0.25, 0.3) is 0 Å². The van der Waals surface area contributed by atoms with Crippen LogP contribution in [0.1, 0.15) is 47.0 Å². The predicted octanol–water partition coefficient (Wildman–Crippen LogP) is 1.53. The van der Waals surface area contributed by atoms with Crippen molar-refractivity contribution in [1.29, 1.82) is 4.78 Å². The monoisotopic (exact) mass is 499 g/mol. The Balaban J connectivity index is 3.23. The maximum atomic E-state index is 12.6. The number of unbranched alkanes of at least 4 members (excludes halogenated alkanes) is 1. The van der Waals surface area contributed by atoms with Crippen LogP contribution in [-0.2, 0) is 52.6 Å². The third kappa shape index (κ3) is 9.70. The van der Waals surface area contributed by atoms with Gasteiger partial charge >= 0.3 is 23.9 Å². The van der Waals surface area contributed by atoms with Crippen LogP contribution in [0, 0.1) is 4.78 Å². The van der Waals surface area contributed by atoms with Crippen molar-refractivity contribution in [3.63, 3.8) is 0 Å². The van der Waals surface area contributed by atoms with E-state index < -0.39 is 64.3 Å². The fourth-order valence-corrected chi connectivity index (χ4v) is 4.86. The SMILES string of the molecule is CC(=O)O[C@H]1O[C@H](CCS(=N)(=O)CCCCCl)[C@@H](OC(C)=O)[C@H](OC(C)=O)[C@@H]1OC(C)=O. The number of esters is 4. The second kappa shape index (κ2) is 12.9. The summed E-state index contributed by atoms with van der Waals surface area (Å²) in [5.41, 5.74) is 0. The van der Waals surface area contributed by atoms with Crippen LogP contribution in [0.25, 0.3) is 0 Å². The van der Waals surface area contributed by atoms with Crippen molar-refractivity contribution in [1.82, 2.24) is 0 Å². The summed E-state index contributed by atoms with van der Waals surface area (Å²) in [4.78, 5) is 46.7. The lowest BCUT2D eigenvalue weighted by atomic mass is 9.96. The highest BCUT2D eigenvalue weighted by Gasteiger charge is 2.53. The molecule has 1 aliphatic heterocycles. The standard InChI is InChI=1S/C19H30ClNO10S/c1-11(22)27-16-15(7-10-32(21,26)9-6-5-8-20)31-19(30-14(4)25)18(29-13(3)24)17(16)28-12(2)23/h15-19,21H,5-10H2,1-4H3/t15-,16-,17+,18+,19+,32?/m1/s1. The molecule has 0 aromatic heterocycles. The minimum atomic E-state index is -3.00. The Morgan fingerprint density at radius 3 is 1.81 bits per heavy atom. The molecular weight excluding hydrogens is 470 g/mol. The molecule has 6 atom stereocenters. The van der Waals surface area contributed by atoms with E-state index in [1.807, 2.05) is 0 Å². The number of hydrogen-bond donors (Lipinski definition) is 1. The highest BCUT2D eigenvalue weighted by Crippen LogP contribution is 2.31. The minimum Gasteiger partial charge on any atom is -0.456 e. The van der Waals surface area contributed by atoms with E-state index >= 15 is 0 Å². The molecule has 1 rings (SSSR count). The number of alkyl halides is 1. The fourth-order valence-electron chi connectivity index (χ4n) is 3.18. The van der Waals surface area contributed by atoms with Crippen molar-refractivity contribution in [3.05, 3.63) is 0 Å². The Hall–Kier alpha value is -1.92. The summed E-state index contributed by atoms with van der Waals surface area (Å²) < 4.78 is 47.2. The molecule has 1 N–H and O–H groups in total. The Morgan fingerprint density at radius 2 is 1.31 bits per heavy atom. The zero-order valence-electron chi connectivity index (χ0n) is 18.5. The first kappa shape index (κ1) is 28.1. The molecule has 32 heavy (non-hydrogen) atoms. The van der Waals surface area contributed by atoms with Gasteiger partial charge in [-0.3, -0.25) is 24.0 Å². The number of carbonyl (C=O) groups is 4. The lowest BCUT2D eigenvalue weighted by molar-refractivity contribution is -0.295. The number of rotatable bonds is 11. The van der Waals surface area contributed by atoms with Crippen LogP contribution in [-0.4, -0.2) is 76.2 Å². The molecule has 1 unspecified atom stereocenters. The van der Waals surface area contributed by atoms with Crippen LogP contribution in [0.15, 0.2) is 0 Å². The predicted molar refractivity (Wildman–Crippen MR) is 112 cm³/mol. The van der Waals surface area contributed by atoms with Gasteiger partial charge in [-0.05, 0) is 19.3 Å². The summed E-state index contributed by atoms with van der Waals surface area (Å²) in [5.74, 6) is -2.64. The highest BCUT2D eigenvalue weighted by atomic mass is 35.5. The summed E-state index contributed by atoms with van der Waals surface area (Å²) >= 11 is 5.62. The Labute approximate surface area is 192 Å². The molecule has 0 aromatic carbocycles. The number of halogens is 1. The van der Waals surface area contributed by atoms with Gasteiger partial charge in [-0.15, -0.1) is 11.6 Å². The zero-order valence-corrected chi connectivity index (χ0v) is 20.1. The first-order valence-corrected chi connectivity index (χ1v) is 12.4. The highest BCUT2D eigenvalue weighted by molar-refractivity contribution is 7.92. The second-order valence-electron chi connectivity index (χ2n) is 7.28. The molecule has 0 saturated carbocycles. The van der Waals surface area contributed by atoms with Crippen molar-refractivity contribution in [2.24, 2.45) is 0 Å². The molecule has 0 aliphatic carbocycles. The van der Waals surface area contributed by atoms with Crippen molar-refractivity contribution in [3.8, 4) is 0 Å². The Kier molecular flexibility index (Phi) is 11.4. The largest absolute Gasteiger partial charge is 0.456 e. The minimum absolute atomic E-state index is 0.0382. The molecule has 0 radical (unpaired) electrons. The Morgan fingerprint density at radius 1 is 0.812 bits per heavy atom. The number of ether oxygens (including phenoxy) is 5. The average molecular weight is 500 g/mol. The van der Waals surface area contributed by atoms with E-state index in [1.54, 1.807) is 0 Å². The maximum absolute atomic E-state index is 12.6. The van der Waals surface area contributed by atoms with E-state index in [1.165, 1.54) is 0 Å². The molecule has 0 spiro atoms.